The van der Waals surface area contributed by atoms with Crippen molar-refractivity contribution in [3.8, 4) is 0 Å². The highest BCUT2D eigenvalue weighted by Gasteiger charge is 2.10. The fourth-order valence-electron chi connectivity index (χ4n) is 2.45. The van der Waals surface area contributed by atoms with Crippen LogP contribution in [-0.2, 0) is 11.2 Å². The van der Waals surface area contributed by atoms with Gasteiger partial charge in [-0.25, -0.2) is 4.98 Å². The van der Waals surface area contributed by atoms with Gasteiger partial charge in [-0.05, 0) is 72.3 Å². The van der Waals surface area contributed by atoms with E-state index in [0.29, 0.717) is 12.8 Å². The summed E-state index contributed by atoms with van der Waals surface area (Å²) in [5.41, 5.74) is 3.83. The molecular formula is C17H16IN3O. The standard InChI is InChI=1S/C17H16IN3O/c1-12-15(21-11-3-2-4-16(21)19-12)9-10-17(22)20-14-7-5-13(18)6-8-14/h2-8,11H,9-10H2,1H3,(H,20,22). The fourth-order valence-corrected chi connectivity index (χ4v) is 2.81. The molecule has 0 spiro atoms. The van der Waals surface area contributed by atoms with Crippen LogP contribution in [0.25, 0.3) is 5.65 Å². The summed E-state index contributed by atoms with van der Waals surface area (Å²) in [6.07, 6.45) is 3.10. The number of nitrogens with one attached hydrogen (secondary N) is 1. The number of aryl methyl sites for hydroxylation is 2. The molecule has 3 aromatic rings. The highest BCUT2D eigenvalue weighted by Crippen LogP contribution is 2.15. The molecule has 1 N–H and O–H groups in total. The second kappa shape index (κ2) is 6.48. The lowest BCUT2D eigenvalue weighted by atomic mass is 10.2. The van der Waals surface area contributed by atoms with E-state index in [9.17, 15) is 4.79 Å². The first-order valence-electron chi connectivity index (χ1n) is 7.11. The van der Waals surface area contributed by atoms with Crippen molar-refractivity contribution >= 4 is 39.8 Å². The van der Waals surface area contributed by atoms with Gasteiger partial charge in [-0.15, -0.1) is 0 Å². The third kappa shape index (κ3) is 3.30. The van der Waals surface area contributed by atoms with E-state index in [1.807, 2.05) is 60.0 Å². The monoisotopic (exact) mass is 405 g/mol. The van der Waals surface area contributed by atoms with E-state index in [2.05, 4.69) is 32.9 Å². The average Bonchev–Trinajstić information content (AvgIpc) is 2.83. The summed E-state index contributed by atoms with van der Waals surface area (Å²) in [6, 6.07) is 13.7. The molecule has 4 nitrogen and oxygen atoms in total. The molecule has 0 aliphatic heterocycles. The first kappa shape index (κ1) is 15.0. The van der Waals surface area contributed by atoms with Gasteiger partial charge < -0.3 is 9.72 Å². The topological polar surface area (TPSA) is 46.4 Å². The second-order valence-corrected chi connectivity index (χ2v) is 6.37. The van der Waals surface area contributed by atoms with Crippen LogP contribution < -0.4 is 5.32 Å². The van der Waals surface area contributed by atoms with Crippen LogP contribution in [0.2, 0.25) is 0 Å². The van der Waals surface area contributed by atoms with E-state index in [0.717, 1.165) is 26.3 Å². The van der Waals surface area contributed by atoms with Gasteiger partial charge in [-0.1, -0.05) is 6.07 Å². The van der Waals surface area contributed by atoms with Gasteiger partial charge in [-0.2, -0.15) is 0 Å². The summed E-state index contributed by atoms with van der Waals surface area (Å²) in [7, 11) is 0. The van der Waals surface area contributed by atoms with Crippen molar-refractivity contribution in [2.75, 3.05) is 5.32 Å². The number of pyridine rings is 1. The molecule has 0 bridgehead atoms. The van der Waals surface area contributed by atoms with Gasteiger partial charge >= 0.3 is 0 Å². The third-order valence-corrected chi connectivity index (χ3v) is 4.27. The molecule has 0 saturated carbocycles. The maximum Gasteiger partial charge on any atom is 0.224 e. The van der Waals surface area contributed by atoms with Crippen molar-refractivity contribution in [3.05, 3.63) is 63.6 Å². The Hall–Kier alpha value is -1.89. The van der Waals surface area contributed by atoms with Gasteiger partial charge in [-0.3, -0.25) is 4.79 Å². The SMILES string of the molecule is Cc1nc2ccccn2c1CCC(=O)Nc1ccc(I)cc1. The quantitative estimate of drug-likeness (QED) is 0.671. The Morgan fingerprint density at radius 2 is 2.00 bits per heavy atom. The zero-order chi connectivity index (χ0) is 15.5. The van der Waals surface area contributed by atoms with Crippen LogP contribution in [0, 0.1) is 10.5 Å². The van der Waals surface area contributed by atoms with Crippen molar-refractivity contribution in [2.24, 2.45) is 0 Å². The first-order chi connectivity index (χ1) is 10.6. The largest absolute Gasteiger partial charge is 0.326 e. The van der Waals surface area contributed by atoms with Gasteiger partial charge in [0.2, 0.25) is 5.91 Å². The molecule has 0 saturated heterocycles. The number of benzene rings is 1. The van der Waals surface area contributed by atoms with Crippen LogP contribution in [0.3, 0.4) is 0 Å². The predicted molar refractivity (Wildman–Crippen MR) is 96.0 cm³/mol. The molecule has 0 atom stereocenters. The van der Waals surface area contributed by atoms with Gasteiger partial charge in [0.1, 0.15) is 5.65 Å². The molecule has 3 rings (SSSR count). The lowest BCUT2D eigenvalue weighted by molar-refractivity contribution is -0.116. The van der Waals surface area contributed by atoms with Gasteiger partial charge in [0.25, 0.3) is 0 Å². The number of fused-ring (bicyclic) bond motifs is 1. The van der Waals surface area contributed by atoms with E-state index >= 15 is 0 Å². The Morgan fingerprint density at radius 3 is 2.77 bits per heavy atom. The van der Waals surface area contributed by atoms with Gasteiger partial charge in [0.05, 0.1) is 5.69 Å². The highest BCUT2D eigenvalue weighted by atomic mass is 127. The summed E-state index contributed by atoms with van der Waals surface area (Å²) < 4.78 is 3.20. The van der Waals surface area contributed by atoms with Crippen LogP contribution in [0.15, 0.2) is 48.7 Å². The number of rotatable bonds is 4. The van der Waals surface area contributed by atoms with Crippen LogP contribution >= 0.6 is 22.6 Å². The molecule has 1 amide bonds. The van der Waals surface area contributed by atoms with Crippen LogP contribution in [-0.4, -0.2) is 15.3 Å². The fraction of sp³-hybridized carbons (Fsp3) is 0.176. The third-order valence-electron chi connectivity index (χ3n) is 3.55. The van der Waals surface area contributed by atoms with E-state index < -0.39 is 0 Å². The van der Waals surface area contributed by atoms with Crippen molar-refractivity contribution in [2.45, 2.75) is 19.8 Å². The summed E-state index contributed by atoms with van der Waals surface area (Å²) >= 11 is 2.24. The number of carbonyl (C=O) groups excluding carboxylic acids is 1. The summed E-state index contributed by atoms with van der Waals surface area (Å²) in [5, 5.41) is 2.93. The molecular weight excluding hydrogens is 389 g/mol. The van der Waals surface area contributed by atoms with E-state index in [1.165, 1.54) is 0 Å². The van der Waals surface area contributed by atoms with Crippen LogP contribution in [0.5, 0.6) is 0 Å². The second-order valence-electron chi connectivity index (χ2n) is 5.13. The molecule has 0 fully saturated rings. The summed E-state index contributed by atoms with van der Waals surface area (Å²) in [4.78, 5) is 16.6. The summed E-state index contributed by atoms with van der Waals surface area (Å²) in [6.45, 7) is 1.99. The zero-order valence-corrected chi connectivity index (χ0v) is 14.4. The lowest BCUT2D eigenvalue weighted by Crippen LogP contribution is -2.13. The molecule has 2 heterocycles. The Bertz CT molecular complexity index is 808. The molecule has 2 aromatic heterocycles. The zero-order valence-electron chi connectivity index (χ0n) is 12.2. The van der Waals surface area contributed by atoms with Crippen molar-refractivity contribution in [3.63, 3.8) is 0 Å². The van der Waals surface area contributed by atoms with Crippen molar-refractivity contribution < 1.29 is 4.79 Å². The average molecular weight is 405 g/mol. The molecule has 0 aliphatic rings. The highest BCUT2D eigenvalue weighted by molar-refractivity contribution is 14.1. The van der Waals surface area contributed by atoms with Crippen LogP contribution in [0.4, 0.5) is 5.69 Å². The summed E-state index contributed by atoms with van der Waals surface area (Å²) in [5.74, 6) is 0.0199. The normalized spacial score (nSPS) is 10.8. The number of imidazole rings is 1. The minimum atomic E-state index is 0.0199. The Balaban J connectivity index is 1.67. The molecule has 5 heteroatoms. The Kier molecular flexibility index (Phi) is 4.42. The van der Waals surface area contributed by atoms with Gasteiger partial charge in [0, 0.05) is 27.6 Å². The molecule has 0 aliphatic carbocycles. The Morgan fingerprint density at radius 1 is 1.23 bits per heavy atom. The lowest BCUT2D eigenvalue weighted by Gasteiger charge is -2.06. The number of carbonyl (C=O) groups is 1. The number of amides is 1. The Labute approximate surface area is 142 Å². The predicted octanol–water partition coefficient (Wildman–Crippen LogP) is 3.82. The number of anilines is 1. The first-order valence-corrected chi connectivity index (χ1v) is 8.19. The van der Waals surface area contributed by atoms with E-state index in [-0.39, 0.29) is 5.91 Å². The molecule has 112 valence electrons. The number of hydrogen-bond acceptors (Lipinski definition) is 2. The van der Waals surface area contributed by atoms with Gasteiger partial charge in [0.15, 0.2) is 0 Å². The van der Waals surface area contributed by atoms with Crippen molar-refractivity contribution in [1.29, 1.82) is 0 Å². The number of hydrogen-bond donors (Lipinski definition) is 1. The molecule has 0 radical (unpaired) electrons. The molecule has 22 heavy (non-hydrogen) atoms. The van der Waals surface area contributed by atoms with E-state index in [4.69, 9.17) is 0 Å². The minimum Gasteiger partial charge on any atom is -0.326 e. The van der Waals surface area contributed by atoms with E-state index in [1.54, 1.807) is 0 Å². The maximum atomic E-state index is 12.1. The molecule has 0 unspecified atom stereocenters. The minimum absolute atomic E-state index is 0.0199. The number of aromatic nitrogens is 2. The van der Waals surface area contributed by atoms with Crippen molar-refractivity contribution in [1.82, 2.24) is 9.38 Å². The number of nitrogens with zero attached hydrogens (tertiary/aromatic N) is 2. The molecule has 1 aromatic carbocycles. The number of halogens is 1. The smallest absolute Gasteiger partial charge is 0.224 e. The van der Waals surface area contributed by atoms with Crippen LogP contribution in [0.1, 0.15) is 17.8 Å². The maximum absolute atomic E-state index is 12.1.